The largest absolute Gasteiger partial charge is 0.454 e. The van der Waals surface area contributed by atoms with Crippen molar-refractivity contribution in [1.82, 2.24) is 18.3 Å². The lowest BCUT2D eigenvalue weighted by molar-refractivity contribution is 0.666. The van der Waals surface area contributed by atoms with Crippen LogP contribution in [0.15, 0.2) is 223 Å². The molecule has 0 aliphatic heterocycles. The Morgan fingerprint density at radius 1 is 0.286 bits per heavy atom. The SMILES string of the molecule is c1ccc(-n2c3ccccc3c3c4cccc(-c5cccc6c7c8ccccc8n(-c8cccc9c8oc8ccccc89)c7n(-c7ccccc7)c56)c4n(-c4ccccc4)c32)cc1. The number of hydrogen-bond donors (Lipinski definition) is 0. The lowest BCUT2D eigenvalue weighted by atomic mass is 9.98. The van der Waals surface area contributed by atoms with Crippen molar-refractivity contribution in [3.05, 3.63) is 218 Å². The molecule has 14 rings (SSSR count). The molecule has 0 fully saturated rings. The summed E-state index contributed by atoms with van der Waals surface area (Å²) in [5.41, 5.74) is 15.3. The number of hydrogen-bond acceptors (Lipinski definition) is 1. The second kappa shape index (κ2) is 13.0. The molecule has 0 atom stereocenters. The zero-order chi connectivity index (χ0) is 41.2. The second-order valence-corrected chi connectivity index (χ2v) is 16.4. The van der Waals surface area contributed by atoms with Crippen molar-refractivity contribution in [2.45, 2.75) is 0 Å². The van der Waals surface area contributed by atoms with Gasteiger partial charge in [0.1, 0.15) is 16.9 Å². The van der Waals surface area contributed by atoms with E-state index in [9.17, 15) is 0 Å². The summed E-state index contributed by atoms with van der Waals surface area (Å²) in [7, 11) is 0. The van der Waals surface area contributed by atoms with Crippen LogP contribution in [0.5, 0.6) is 0 Å². The Kier molecular flexibility index (Phi) is 7.05. The molecule has 5 nitrogen and oxygen atoms in total. The van der Waals surface area contributed by atoms with Gasteiger partial charge in [0.2, 0.25) is 0 Å². The highest BCUT2D eigenvalue weighted by atomic mass is 16.3. The highest BCUT2D eigenvalue weighted by molar-refractivity contribution is 6.28. The van der Waals surface area contributed by atoms with Gasteiger partial charge in [-0.2, -0.15) is 0 Å². The molecule has 0 saturated heterocycles. The Morgan fingerprint density at radius 3 is 1.27 bits per heavy atom. The van der Waals surface area contributed by atoms with Crippen LogP contribution >= 0.6 is 0 Å². The van der Waals surface area contributed by atoms with E-state index in [1.54, 1.807) is 0 Å². The summed E-state index contributed by atoms with van der Waals surface area (Å²) >= 11 is 0. The van der Waals surface area contributed by atoms with Crippen molar-refractivity contribution in [3.8, 4) is 33.9 Å². The van der Waals surface area contributed by atoms with E-state index in [1.165, 1.54) is 43.4 Å². The molecule has 14 aromatic rings. The summed E-state index contributed by atoms with van der Waals surface area (Å²) < 4.78 is 16.6. The lowest BCUT2D eigenvalue weighted by Gasteiger charge is -2.17. The van der Waals surface area contributed by atoms with Gasteiger partial charge in [-0.3, -0.25) is 18.3 Å². The summed E-state index contributed by atoms with van der Waals surface area (Å²) in [6.45, 7) is 0. The molecular formula is C58H36N4O. The first-order chi connectivity index (χ1) is 31.3. The Hall–Kier alpha value is -8.54. The van der Waals surface area contributed by atoms with Crippen LogP contribution in [0.4, 0.5) is 0 Å². The first kappa shape index (κ1) is 34.2. The number of nitrogens with zero attached hydrogens (tertiary/aromatic N) is 4. The molecule has 0 aliphatic carbocycles. The van der Waals surface area contributed by atoms with Crippen LogP contribution in [0.25, 0.3) is 121 Å². The third kappa shape index (κ3) is 4.65. The first-order valence-electron chi connectivity index (χ1n) is 21.5. The molecule has 0 spiro atoms. The fraction of sp³-hybridized carbons (Fsp3) is 0. The van der Waals surface area contributed by atoms with Gasteiger partial charge in [0.15, 0.2) is 5.58 Å². The van der Waals surface area contributed by atoms with Crippen LogP contribution in [-0.4, -0.2) is 18.3 Å². The smallest absolute Gasteiger partial charge is 0.159 e. The minimum Gasteiger partial charge on any atom is -0.454 e. The molecule has 294 valence electrons. The lowest BCUT2D eigenvalue weighted by Crippen LogP contribution is -2.03. The van der Waals surface area contributed by atoms with Gasteiger partial charge in [-0.1, -0.05) is 158 Å². The minimum atomic E-state index is 0.870. The van der Waals surface area contributed by atoms with Crippen molar-refractivity contribution in [1.29, 1.82) is 0 Å². The summed E-state index contributed by atoms with van der Waals surface area (Å²) in [6, 6.07) is 78.8. The van der Waals surface area contributed by atoms with E-state index < -0.39 is 0 Å². The molecule has 9 aromatic carbocycles. The first-order valence-corrected chi connectivity index (χ1v) is 21.5. The third-order valence-electron chi connectivity index (χ3n) is 13.1. The van der Waals surface area contributed by atoms with E-state index >= 15 is 0 Å². The molecule has 5 aromatic heterocycles. The number of benzene rings is 9. The van der Waals surface area contributed by atoms with Crippen molar-refractivity contribution in [2.75, 3.05) is 0 Å². The van der Waals surface area contributed by atoms with Crippen LogP contribution in [0.3, 0.4) is 0 Å². The molecule has 0 N–H and O–H groups in total. The summed E-state index contributed by atoms with van der Waals surface area (Å²) in [5, 5.41) is 9.48. The second-order valence-electron chi connectivity index (χ2n) is 16.4. The van der Waals surface area contributed by atoms with Crippen molar-refractivity contribution in [2.24, 2.45) is 0 Å². The summed E-state index contributed by atoms with van der Waals surface area (Å²) in [5.74, 6) is 0. The van der Waals surface area contributed by atoms with E-state index in [0.29, 0.717) is 0 Å². The van der Waals surface area contributed by atoms with Gasteiger partial charge in [-0.25, -0.2) is 0 Å². The molecule has 0 saturated carbocycles. The number of rotatable bonds is 5. The number of furan rings is 1. The molecule has 5 heterocycles. The van der Waals surface area contributed by atoms with Crippen LogP contribution in [0, 0.1) is 0 Å². The zero-order valence-corrected chi connectivity index (χ0v) is 34.0. The van der Waals surface area contributed by atoms with Crippen molar-refractivity contribution < 1.29 is 4.42 Å². The maximum absolute atomic E-state index is 6.78. The van der Waals surface area contributed by atoms with E-state index in [1.807, 2.05) is 6.07 Å². The predicted molar refractivity (Wildman–Crippen MR) is 261 cm³/mol. The number of aromatic nitrogens is 4. The Balaban J connectivity index is 1.18. The maximum Gasteiger partial charge on any atom is 0.159 e. The maximum atomic E-state index is 6.78. The highest BCUT2D eigenvalue weighted by Gasteiger charge is 2.28. The van der Waals surface area contributed by atoms with Gasteiger partial charge < -0.3 is 4.42 Å². The molecule has 5 heteroatoms. The molecule has 0 amide bonds. The topological polar surface area (TPSA) is 32.9 Å². The van der Waals surface area contributed by atoms with Gasteiger partial charge in [-0.15, -0.1) is 0 Å². The van der Waals surface area contributed by atoms with Crippen LogP contribution in [0.2, 0.25) is 0 Å². The minimum absolute atomic E-state index is 0.870. The molecular weight excluding hydrogens is 769 g/mol. The van der Waals surface area contributed by atoms with E-state index in [2.05, 4.69) is 231 Å². The average Bonchev–Trinajstić information content (AvgIpc) is 4.15. The molecule has 0 aliphatic rings. The Bertz CT molecular complexity index is 4120. The third-order valence-corrected chi connectivity index (χ3v) is 13.1. The van der Waals surface area contributed by atoms with Crippen molar-refractivity contribution in [3.63, 3.8) is 0 Å². The van der Waals surface area contributed by atoms with Gasteiger partial charge in [0.05, 0.1) is 27.8 Å². The highest BCUT2D eigenvalue weighted by Crippen LogP contribution is 2.48. The Labute approximate surface area is 361 Å². The quantitative estimate of drug-likeness (QED) is 0.171. The van der Waals surface area contributed by atoms with E-state index in [-0.39, 0.29) is 0 Å². The fourth-order valence-corrected chi connectivity index (χ4v) is 10.7. The average molecular weight is 805 g/mol. The van der Waals surface area contributed by atoms with Crippen LogP contribution < -0.4 is 0 Å². The number of para-hydroxylation sites is 9. The normalized spacial score (nSPS) is 12.1. The molecule has 0 radical (unpaired) electrons. The fourth-order valence-electron chi connectivity index (χ4n) is 10.7. The predicted octanol–water partition coefficient (Wildman–Crippen LogP) is 15.3. The van der Waals surface area contributed by atoms with E-state index in [4.69, 9.17) is 4.42 Å². The zero-order valence-electron chi connectivity index (χ0n) is 34.0. The standard InChI is InChI=1S/C58H36N4O/c1-4-19-37(20-5-1)59-48-33-13-10-26-44(48)52-46-31-16-28-41(54(46)60(57(52)59)38-21-6-2-7-22-38)42-29-17-32-47-53-45-27-11-14-34-49(45)62(58(53)61(55(42)47)39-23-8-3-9-24-39)50-35-18-30-43-40-25-12-15-36-51(40)63-56(43)50/h1-36H. The van der Waals surface area contributed by atoms with Crippen LogP contribution in [0.1, 0.15) is 0 Å². The van der Waals surface area contributed by atoms with Gasteiger partial charge >= 0.3 is 0 Å². The molecule has 0 bridgehead atoms. The van der Waals surface area contributed by atoms with Crippen LogP contribution in [-0.2, 0) is 0 Å². The monoisotopic (exact) mass is 804 g/mol. The van der Waals surface area contributed by atoms with Crippen molar-refractivity contribution >= 4 is 87.6 Å². The summed E-state index contributed by atoms with van der Waals surface area (Å²) in [6.07, 6.45) is 0. The van der Waals surface area contributed by atoms with E-state index in [0.717, 1.165) is 78.1 Å². The van der Waals surface area contributed by atoms with Gasteiger partial charge in [-0.05, 0) is 60.7 Å². The number of fused-ring (bicyclic) bond motifs is 13. The Morgan fingerprint density at radius 2 is 0.698 bits per heavy atom. The molecule has 0 unspecified atom stereocenters. The summed E-state index contributed by atoms with van der Waals surface area (Å²) in [4.78, 5) is 0. The van der Waals surface area contributed by atoms with Gasteiger partial charge in [0, 0.05) is 71.3 Å². The molecule has 63 heavy (non-hydrogen) atoms. The van der Waals surface area contributed by atoms with Gasteiger partial charge in [0.25, 0.3) is 0 Å².